The molecule has 1 atom stereocenters. The van der Waals surface area contributed by atoms with E-state index in [1.807, 2.05) is 0 Å². The zero-order valence-corrected chi connectivity index (χ0v) is 13.0. The van der Waals surface area contributed by atoms with E-state index in [9.17, 15) is 0 Å². The third-order valence-electron chi connectivity index (χ3n) is 5.03. The fourth-order valence-corrected chi connectivity index (χ4v) is 3.64. The maximum absolute atomic E-state index is 3.54. The summed E-state index contributed by atoms with van der Waals surface area (Å²) in [5, 5.41) is 3.54. The average Bonchev–Trinajstić information content (AvgIpc) is 2.47. The molecule has 3 nitrogen and oxygen atoms in total. The van der Waals surface area contributed by atoms with Gasteiger partial charge in [0.05, 0.1) is 0 Å². The molecule has 1 N–H and O–H groups in total. The molecule has 0 radical (unpaired) electrons. The van der Waals surface area contributed by atoms with Gasteiger partial charge in [-0.3, -0.25) is 0 Å². The molecular weight excluding hydrogens is 234 g/mol. The second-order valence-corrected chi connectivity index (χ2v) is 6.44. The van der Waals surface area contributed by atoms with E-state index in [0.29, 0.717) is 0 Å². The Morgan fingerprint density at radius 1 is 1.05 bits per heavy atom. The summed E-state index contributed by atoms with van der Waals surface area (Å²) in [7, 11) is 0. The summed E-state index contributed by atoms with van der Waals surface area (Å²) in [5.41, 5.74) is 0. The molecule has 3 heteroatoms. The summed E-state index contributed by atoms with van der Waals surface area (Å²) in [6.07, 6.45) is 5.64. The first kappa shape index (κ1) is 15.3. The Kier molecular flexibility index (Phi) is 6.62. The van der Waals surface area contributed by atoms with E-state index in [1.54, 1.807) is 0 Å². The van der Waals surface area contributed by atoms with Crippen LogP contribution >= 0.6 is 0 Å². The van der Waals surface area contributed by atoms with E-state index in [-0.39, 0.29) is 0 Å². The normalized spacial score (nSPS) is 27.0. The first-order chi connectivity index (χ1) is 9.31. The van der Waals surface area contributed by atoms with Crippen LogP contribution in [-0.4, -0.2) is 62.2 Å². The highest BCUT2D eigenvalue weighted by molar-refractivity contribution is 4.78. The molecule has 0 aliphatic carbocycles. The van der Waals surface area contributed by atoms with Gasteiger partial charge in [0.25, 0.3) is 0 Å². The van der Waals surface area contributed by atoms with Crippen molar-refractivity contribution in [2.24, 2.45) is 11.8 Å². The molecule has 2 rings (SSSR count). The van der Waals surface area contributed by atoms with Crippen LogP contribution in [0.5, 0.6) is 0 Å². The molecule has 112 valence electrons. The number of hydrogen-bond acceptors (Lipinski definition) is 3. The lowest BCUT2D eigenvalue weighted by Crippen LogP contribution is -2.43. The van der Waals surface area contributed by atoms with Crippen LogP contribution in [0.15, 0.2) is 0 Å². The van der Waals surface area contributed by atoms with Crippen molar-refractivity contribution in [2.75, 3.05) is 52.4 Å². The Balaban J connectivity index is 1.64. The molecule has 0 saturated carbocycles. The van der Waals surface area contributed by atoms with E-state index < -0.39 is 0 Å². The van der Waals surface area contributed by atoms with Crippen molar-refractivity contribution in [2.45, 2.75) is 39.5 Å². The summed E-state index contributed by atoms with van der Waals surface area (Å²) in [4.78, 5) is 5.31. The Morgan fingerprint density at radius 2 is 1.79 bits per heavy atom. The number of piperidine rings is 2. The van der Waals surface area contributed by atoms with Gasteiger partial charge in [0.1, 0.15) is 0 Å². The van der Waals surface area contributed by atoms with Crippen molar-refractivity contribution in [3.05, 3.63) is 0 Å². The zero-order chi connectivity index (χ0) is 13.5. The number of likely N-dealkylation sites (tertiary alicyclic amines) is 1. The fraction of sp³-hybridized carbons (Fsp3) is 1.00. The van der Waals surface area contributed by atoms with Crippen LogP contribution in [0.25, 0.3) is 0 Å². The summed E-state index contributed by atoms with van der Waals surface area (Å²) in [6.45, 7) is 14.8. The highest BCUT2D eigenvalue weighted by Gasteiger charge is 2.23. The smallest absolute Gasteiger partial charge is 0.00218 e. The minimum absolute atomic E-state index is 0.910. The minimum atomic E-state index is 0.910. The second-order valence-electron chi connectivity index (χ2n) is 6.44. The van der Waals surface area contributed by atoms with E-state index in [1.165, 1.54) is 78.0 Å². The maximum atomic E-state index is 3.54. The van der Waals surface area contributed by atoms with Crippen LogP contribution in [0, 0.1) is 11.8 Å². The van der Waals surface area contributed by atoms with E-state index in [0.717, 1.165) is 11.8 Å². The van der Waals surface area contributed by atoms with Gasteiger partial charge >= 0.3 is 0 Å². The van der Waals surface area contributed by atoms with E-state index in [2.05, 4.69) is 29.0 Å². The molecule has 0 aromatic rings. The van der Waals surface area contributed by atoms with Crippen molar-refractivity contribution in [1.82, 2.24) is 15.1 Å². The Morgan fingerprint density at radius 3 is 2.37 bits per heavy atom. The number of hydrogen-bond donors (Lipinski definition) is 1. The first-order valence-corrected chi connectivity index (χ1v) is 8.47. The Labute approximate surface area is 119 Å². The van der Waals surface area contributed by atoms with E-state index >= 15 is 0 Å². The topological polar surface area (TPSA) is 18.5 Å². The number of nitrogens with zero attached hydrogens (tertiary/aromatic N) is 2. The van der Waals surface area contributed by atoms with Gasteiger partial charge in [-0.25, -0.2) is 0 Å². The molecule has 0 bridgehead atoms. The van der Waals surface area contributed by atoms with Crippen molar-refractivity contribution >= 4 is 0 Å². The Bertz CT molecular complexity index is 226. The summed E-state index contributed by atoms with van der Waals surface area (Å²) < 4.78 is 0. The molecular formula is C16H33N3. The van der Waals surface area contributed by atoms with Crippen molar-refractivity contribution in [3.8, 4) is 0 Å². The lowest BCUT2D eigenvalue weighted by molar-refractivity contribution is 0.127. The van der Waals surface area contributed by atoms with Gasteiger partial charge in [0.15, 0.2) is 0 Å². The fourth-order valence-electron chi connectivity index (χ4n) is 3.64. The van der Waals surface area contributed by atoms with Crippen LogP contribution in [0.4, 0.5) is 0 Å². The average molecular weight is 267 g/mol. The molecule has 2 saturated heterocycles. The highest BCUT2D eigenvalue weighted by Crippen LogP contribution is 2.20. The third kappa shape index (κ3) is 5.05. The van der Waals surface area contributed by atoms with Crippen LogP contribution < -0.4 is 5.32 Å². The standard InChI is InChI=1S/C16H33N3/c1-3-18(4-2)13-15-7-10-19(11-8-15)14-16-6-5-9-17-12-16/h15-17H,3-14H2,1-2H3. The lowest BCUT2D eigenvalue weighted by Gasteiger charge is -2.37. The summed E-state index contributed by atoms with van der Waals surface area (Å²) in [5.74, 6) is 1.86. The van der Waals surface area contributed by atoms with Gasteiger partial charge in [-0.15, -0.1) is 0 Å². The van der Waals surface area contributed by atoms with Gasteiger partial charge in [-0.05, 0) is 76.8 Å². The van der Waals surface area contributed by atoms with Crippen LogP contribution in [-0.2, 0) is 0 Å². The molecule has 0 amide bonds. The van der Waals surface area contributed by atoms with Crippen molar-refractivity contribution in [1.29, 1.82) is 0 Å². The minimum Gasteiger partial charge on any atom is -0.316 e. The predicted octanol–water partition coefficient (Wildman–Crippen LogP) is 2.04. The van der Waals surface area contributed by atoms with Gasteiger partial charge in [-0.1, -0.05) is 13.8 Å². The summed E-state index contributed by atoms with van der Waals surface area (Å²) >= 11 is 0. The zero-order valence-electron chi connectivity index (χ0n) is 13.0. The van der Waals surface area contributed by atoms with E-state index in [4.69, 9.17) is 0 Å². The predicted molar refractivity (Wildman–Crippen MR) is 82.5 cm³/mol. The molecule has 19 heavy (non-hydrogen) atoms. The SMILES string of the molecule is CCN(CC)CC1CCN(CC2CCCNC2)CC1. The van der Waals surface area contributed by atoms with Gasteiger partial charge in [0, 0.05) is 13.1 Å². The summed E-state index contributed by atoms with van der Waals surface area (Å²) in [6, 6.07) is 0. The molecule has 0 spiro atoms. The highest BCUT2D eigenvalue weighted by atomic mass is 15.1. The van der Waals surface area contributed by atoms with Gasteiger partial charge < -0.3 is 15.1 Å². The molecule has 0 aromatic heterocycles. The van der Waals surface area contributed by atoms with Crippen molar-refractivity contribution < 1.29 is 0 Å². The third-order valence-corrected chi connectivity index (χ3v) is 5.03. The molecule has 1 unspecified atom stereocenters. The van der Waals surface area contributed by atoms with Crippen LogP contribution in [0.2, 0.25) is 0 Å². The first-order valence-electron chi connectivity index (χ1n) is 8.47. The van der Waals surface area contributed by atoms with Gasteiger partial charge in [0.2, 0.25) is 0 Å². The molecule has 0 aromatic carbocycles. The number of nitrogens with one attached hydrogen (secondary N) is 1. The van der Waals surface area contributed by atoms with Crippen LogP contribution in [0.3, 0.4) is 0 Å². The molecule has 2 aliphatic heterocycles. The van der Waals surface area contributed by atoms with Gasteiger partial charge in [-0.2, -0.15) is 0 Å². The largest absolute Gasteiger partial charge is 0.316 e. The monoisotopic (exact) mass is 267 g/mol. The molecule has 2 fully saturated rings. The number of rotatable bonds is 6. The lowest BCUT2D eigenvalue weighted by atomic mass is 9.93. The maximum Gasteiger partial charge on any atom is 0.00218 e. The quantitative estimate of drug-likeness (QED) is 0.794. The van der Waals surface area contributed by atoms with Crippen molar-refractivity contribution in [3.63, 3.8) is 0 Å². The second kappa shape index (κ2) is 8.23. The Hall–Kier alpha value is -0.120. The van der Waals surface area contributed by atoms with Crippen LogP contribution in [0.1, 0.15) is 39.5 Å². The molecule has 2 heterocycles. The molecule has 2 aliphatic rings.